The van der Waals surface area contributed by atoms with Gasteiger partial charge >= 0.3 is 12.2 Å². The summed E-state index contributed by atoms with van der Waals surface area (Å²) in [6, 6.07) is 13.4. The monoisotopic (exact) mass is 391 g/mol. The second kappa shape index (κ2) is 8.33. The summed E-state index contributed by atoms with van der Waals surface area (Å²) < 4.78 is 38.2. The van der Waals surface area contributed by atoms with E-state index in [0.29, 0.717) is 19.5 Å². The molecule has 3 amide bonds. The van der Waals surface area contributed by atoms with E-state index in [9.17, 15) is 22.8 Å². The molecule has 0 aliphatic carbocycles. The number of hydrogen-bond acceptors (Lipinski definition) is 2. The molecule has 5 nitrogen and oxygen atoms in total. The Morgan fingerprint density at radius 1 is 1.11 bits per heavy atom. The molecular formula is C20H20F3N3O2. The smallest absolute Gasteiger partial charge is 0.338 e. The zero-order valence-corrected chi connectivity index (χ0v) is 15.0. The van der Waals surface area contributed by atoms with Gasteiger partial charge in [0.25, 0.3) is 0 Å². The Balaban J connectivity index is 1.48. The number of carbonyl (C=O) groups is 2. The van der Waals surface area contributed by atoms with Crippen molar-refractivity contribution < 1.29 is 22.8 Å². The number of urea groups is 1. The quantitative estimate of drug-likeness (QED) is 0.813. The fourth-order valence-electron chi connectivity index (χ4n) is 3.13. The average Bonchev–Trinajstić information content (AvgIpc) is 3.00. The number of hydrogen-bond donors (Lipinski definition) is 2. The third-order valence-electron chi connectivity index (χ3n) is 4.51. The number of alkyl halides is 3. The van der Waals surface area contributed by atoms with E-state index in [1.165, 1.54) is 12.1 Å². The van der Waals surface area contributed by atoms with Crippen LogP contribution in [0.4, 0.5) is 23.7 Å². The van der Waals surface area contributed by atoms with Crippen LogP contribution in [0.15, 0.2) is 54.6 Å². The number of anilines is 1. The third kappa shape index (κ3) is 5.25. The van der Waals surface area contributed by atoms with Crippen LogP contribution in [0.25, 0.3) is 0 Å². The Hall–Kier alpha value is -3.03. The van der Waals surface area contributed by atoms with Crippen molar-refractivity contribution in [2.24, 2.45) is 5.92 Å². The highest BCUT2D eigenvalue weighted by atomic mass is 19.4. The molecule has 1 atom stereocenters. The van der Waals surface area contributed by atoms with Gasteiger partial charge in [0.2, 0.25) is 5.91 Å². The lowest BCUT2D eigenvalue weighted by atomic mass is 10.1. The minimum atomic E-state index is -4.47. The molecule has 1 aliphatic rings. The van der Waals surface area contributed by atoms with E-state index in [2.05, 4.69) is 10.6 Å². The summed E-state index contributed by atoms with van der Waals surface area (Å²) in [5.41, 5.74) is 0.260. The molecular weight excluding hydrogens is 371 g/mol. The zero-order chi connectivity index (χ0) is 20.1. The first-order valence-corrected chi connectivity index (χ1v) is 8.85. The molecule has 28 heavy (non-hydrogen) atoms. The molecule has 0 radical (unpaired) electrons. The van der Waals surface area contributed by atoms with Gasteiger partial charge < -0.3 is 15.5 Å². The molecule has 2 N–H and O–H groups in total. The fourth-order valence-corrected chi connectivity index (χ4v) is 3.13. The van der Waals surface area contributed by atoms with E-state index >= 15 is 0 Å². The third-order valence-corrected chi connectivity index (χ3v) is 4.51. The van der Waals surface area contributed by atoms with Crippen LogP contribution >= 0.6 is 0 Å². The molecule has 1 aliphatic heterocycles. The largest absolute Gasteiger partial charge is 0.416 e. The molecule has 0 spiro atoms. The van der Waals surface area contributed by atoms with Gasteiger partial charge in [0.15, 0.2) is 0 Å². The van der Waals surface area contributed by atoms with Crippen molar-refractivity contribution in [2.45, 2.75) is 19.1 Å². The molecule has 2 aromatic rings. The van der Waals surface area contributed by atoms with Crippen molar-refractivity contribution >= 4 is 17.6 Å². The summed E-state index contributed by atoms with van der Waals surface area (Å²) in [5.74, 6) is -0.0163. The summed E-state index contributed by atoms with van der Waals surface area (Å²) in [6.45, 7) is 1.31. The molecule has 8 heteroatoms. The second-order valence-electron chi connectivity index (χ2n) is 6.74. The van der Waals surface area contributed by atoms with E-state index < -0.39 is 17.8 Å². The van der Waals surface area contributed by atoms with Gasteiger partial charge in [-0.3, -0.25) is 4.79 Å². The van der Waals surface area contributed by atoms with Gasteiger partial charge in [-0.2, -0.15) is 13.2 Å². The van der Waals surface area contributed by atoms with Gasteiger partial charge in [-0.25, -0.2) is 4.79 Å². The van der Waals surface area contributed by atoms with E-state index in [-0.39, 0.29) is 24.1 Å². The normalized spacial score (nSPS) is 16.9. The number of amides is 3. The van der Waals surface area contributed by atoms with Crippen molar-refractivity contribution in [3.05, 3.63) is 65.7 Å². The standard InChI is InChI=1S/C20H20F3N3O2/c21-20(22,23)16-7-4-8-17(10-16)25-19(28)24-11-15-9-18(27)26(13-15)12-14-5-2-1-3-6-14/h1-8,10,15H,9,11-13H2,(H2,24,25,28). The van der Waals surface area contributed by atoms with Crippen molar-refractivity contribution in [3.63, 3.8) is 0 Å². The van der Waals surface area contributed by atoms with Crippen molar-refractivity contribution in [1.29, 1.82) is 0 Å². The fraction of sp³-hybridized carbons (Fsp3) is 0.300. The first kappa shape index (κ1) is 19.7. The Labute approximate surface area is 160 Å². The predicted molar refractivity (Wildman–Crippen MR) is 98.4 cm³/mol. The highest BCUT2D eigenvalue weighted by Gasteiger charge is 2.31. The molecule has 148 valence electrons. The van der Waals surface area contributed by atoms with Crippen LogP contribution < -0.4 is 10.6 Å². The van der Waals surface area contributed by atoms with Gasteiger partial charge in [0, 0.05) is 37.7 Å². The number of nitrogens with zero attached hydrogens (tertiary/aromatic N) is 1. The number of benzene rings is 2. The molecule has 0 bridgehead atoms. The first-order chi connectivity index (χ1) is 13.3. The molecule has 1 saturated heterocycles. The first-order valence-electron chi connectivity index (χ1n) is 8.85. The number of halogens is 3. The minimum Gasteiger partial charge on any atom is -0.338 e. The topological polar surface area (TPSA) is 61.4 Å². The van der Waals surface area contributed by atoms with Crippen LogP contribution in [-0.2, 0) is 17.5 Å². The summed E-state index contributed by atoms with van der Waals surface area (Å²) in [7, 11) is 0. The molecule has 1 fully saturated rings. The summed E-state index contributed by atoms with van der Waals surface area (Å²) >= 11 is 0. The van der Waals surface area contributed by atoms with Crippen LogP contribution in [0.1, 0.15) is 17.5 Å². The van der Waals surface area contributed by atoms with E-state index in [1.54, 1.807) is 4.90 Å². The molecule has 2 aromatic carbocycles. The van der Waals surface area contributed by atoms with Gasteiger partial charge in [-0.1, -0.05) is 36.4 Å². The minimum absolute atomic E-state index is 0.0222. The molecule has 1 heterocycles. The lowest BCUT2D eigenvalue weighted by Gasteiger charge is -2.17. The predicted octanol–water partition coefficient (Wildman–Crippen LogP) is 3.88. The van der Waals surface area contributed by atoms with Gasteiger partial charge in [0.05, 0.1) is 5.56 Å². The lowest BCUT2D eigenvalue weighted by Crippen LogP contribution is -2.34. The Morgan fingerprint density at radius 3 is 2.57 bits per heavy atom. The highest BCUT2D eigenvalue weighted by molar-refractivity contribution is 5.89. The average molecular weight is 391 g/mol. The van der Waals surface area contributed by atoms with E-state index in [4.69, 9.17) is 0 Å². The van der Waals surface area contributed by atoms with Crippen LogP contribution in [0.2, 0.25) is 0 Å². The summed E-state index contributed by atoms with van der Waals surface area (Å²) in [5, 5.41) is 5.02. The zero-order valence-electron chi connectivity index (χ0n) is 15.0. The molecule has 1 unspecified atom stereocenters. The SMILES string of the molecule is O=C(NCC1CC(=O)N(Cc2ccccc2)C1)Nc1cccc(C(F)(F)F)c1. The maximum absolute atomic E-state index is 12.7. The number of carbonyl (C=O) groups excluding carboxylic acids is 2. The highest BCUT2D eigenvalue weighted by Crippen LogP contribution is 2.30. The maximum Gasteiger partial charge on any atom is 0.416 e. The van der Waals surface area contributed by atoms with Crippen molar-refractivity contribution in [3.8, 4) is 0 Å². The molecule has 0 saturated carbocycles. The van der Waals surface area contributed by atoms with Gasteiger partial charge in [-0.05, 0) is 23.8 Å². The van der Waals surface area contributed by atoms with Crippen LogP contribution in [-0.4, -0.2) is 29.9 Å². The van der Waals surface area contributed by atoms with Gasteiger partial charge in [0.1, 0.15) is 0 Å². The number of likely N-dealkylation sites (tertiary alicyclic amines) is 1. The van der Waals surface area contributed by atoms with E-state index in [1.807, 2.05) is 30.3 Å². The second-order valence-corrected chi connectivity index (χ2v) is 6.74. The van der Waals surface area contributed by atoms with E-state index in [0.717, 1.165) is 17.7 Å². The number of rotatable bonds is 5. The number of nitrogens with one attached hydrogen (secondary N) is 2. The van der Waals surface area contributed by atoms with Crippen molar-refractivity contribution in [2.75, 3.05) is 18.4 Å². The lowest BCUT2D eigenvalue weighted by molar-refractivity contribution is -0.137. The van der Waals surface area contributed by atoms with Crippen molar-refractivity contribution in [1.82, 2.24) is 10.2 Å². The maximum atomic E-state index is 12.7. The Kier molecular flexibility index (Phi) is 5.87. The van der Waals surface area contributed by atoms with Crippen LogP contribution in [0, 0.1) is 5.92 Å². The van der Waals surface area contributed by atoms with Gasteiger partial charge in [-0.15, -0.1) is 0 Å². The summed E-state index contributed by atoms with van der Waals surface area (Å²) in [4.78, 5) is 25.9. The Morgan fingerprint density at radius 2 is 1.86 bits per heavy atom. The summed E-state index contributed by atoms with van der Waals surface area (Å²) in [6.07, 6.45) is -4.14. The van der Waals surface area contributed by atoms with Crippen LogP contribution in [0.5, 0.6) is 0 Å². The Bertz CT molecular complexity index is 840. The molecule has 3 rings (SSSR count). The molecule has 0 aromatic heterocycles. The van der Waals surface area contributed by atoms with Crippen LogP contribution in [0.3, 0.4) is 0 Å².